The van der Waals surface area contributed by atoms with Gasteiger partial charge in [-0.3, -0.25) is 4.79 Å². The molecule has 0 bridgehead atoms. The molecule has 0 unspecified atom stereocenters. The van der Waals surface area contributed by atoms with Crippen molar-refractivity contribution < 1.29 is 13.9 Å². The fourth-order valence-electron chi connectivity index (χ4n) is 1.95. The van der Waals surface area contributed by atoms with E-state index in [0.29, 0.717) is 30.7 Å². The third-order valence-corrected chi connectivity index (χ3v) is 3.29. The standard InChI is InChI=1S/C18H20FNO2/c1-13-5-9-16(10-6-13)22-11-3-4-18(21)20-15-8-7-14(2)17(19)12-15/h5-10,12H,3-4,11H2,1-2H3,(H,20,21). The number of rotatable bonds is 6. The van der Waals surface area contributed by atoms with E-state index in [1.54, 1.807) is 19.1 Å². The number of anilines is 1. The highest BCUT2D eigenvalue weighted by molar-refractivity contribution is 5.90. The van der Waals surface area contributed by atoms with Gasteiger partial charge >= 0.3 is 0 Å². The van der Waals surface area contributed by atoms with Crippen molar-refractivity contribution in [2.45, 2.75) is 26.7 Å². The predicted octanol–water partition coefficient (Wildman–Crippen LogP) is 4.24. The van der Waals surface area contributed by atoms with E-state index in [-0.39, 0.29) is 11.7 Å². The maximum atomic E-state index is 13.4. The minimum absolute atomic E-state index is 0.143. The third kappa shape index (κ3) is 4.88. The van der Waals surface area contributed by atoms with E-state index in [9.17, 15) is 9.18 Å². The van der Waals surface area contributed by atoms with Crippen molar-refractivity contribution in [2.75, 3.05) is 11.9 Å². The Balaban J connectivity index is 1.71. The Bertz CT molecular complexity index is 638. The first kappa shape index (κ1) is 16.0. The molecule has 0 aliphatic carbocycles. The predicted molar refractivity (Wildman–Crippen MR) is 85.7 cm³/mol. The van der Waals surface area contributed by atoms with Gasteiger partial charge in [-0.05, 0) is 50.1 Å². The second-order valence-corrected chi connectivity index (χ2v) is 5.28. The van der Waals surface area contributed by atoms with Crippen LogP contribution in [0.1, 0.15) is 24.0 Å². The first-order chi connectivity index (χ1) is 10.5. The molecule has 0 spiro atoms. The van der Waals surface area contributed by atoms with Gasteiger partial charge in [-0.2, -0.15) is 0 Å². The summed E-state index contributed by atoms with van der Waals surface area (Å²) in [5.41, 5.74) is 2.22. The van der Waals surface area contributed by atoms with Gasteiger partial charge < -0.3 is 10.1 Å². The molecular weight excluding hydrogens is 281 g/mol. The number of carbonyl (C=O) groups is 1. The minimum atomic E-state index is -0.319. The number of hydrogen-bond acceptors (Lipinski definition) is 2. The average molecular weight is 301 g/mol. The monoisotopic (exact) mass is 301 g/mol. The summed E-state index contributed by atoms with van der Waals surface area (Å²) in [5, 5.41) is 2.68. The van der Waals surface area contributed by atoms with Gasteiger partial charge in [0.2, 0.25) is 5.91 Å². The number of aryl methyl sites for hydroxylation is 2. The molecule has 0 aliphatic heterocycles. The molecule has 0 heterocycles. The lowest BCUT2D eigenvalue weighted by molar-refractivity contribution is -0.116. The zero-order valence-electron chi connectivity index (χ0n) is 12.9. The molecule has 0 saturated heterocycles. The van der Waals surface area contributed by atoms with Crippen LogP contribution in [0.5, 0.6) is 5.75 Å². The van der Waals surface area contributed by atoms with Crippen LogP contribution in [0.15, 0.2) is 42.5 Å². The largest absolute Gasteiger partial charge is 0.494 e. The molecule has 1 amide bonds. The fourth-order valence-corrected chi connectivity index (χ4v) is 1.95. The second kappa shape index (κ2) is 7.59. The highest BCUT2D eigenvalue weighted by atomic mass is 19.1. The molecule has 22 heavy (non-hydrogen) atoms. The van der Waals surface area contributed by atoms with Crippen LogP contribution >= 0.6 is 0 Å². The molecule has 2 rings (SSSR count). The summed E-state index contributed by atoms with van der Waals surface area (Å²) in [4.78, 5) is 11.8. The Kier molecular flexibility index (Phi) is 5.53. The number of amides is 1. The molecule has 1 N–H and O–H groups in total. The van der Waals surface area contributed by atoms with Gasteiger partial charge in [0, 0.05) is 12.1 Å². The van der Waals surface area contributed by atoms with E-state index in [1.165, 1.54) is 11.6 Å². The Morgan fingerprint density at radius 2 is 1.86 bits per heavy atom. The average Bonchev–Trinajstić information content (AvgIpc) is 2.49. The third-order valence-electron chi connectivity index (χ3n) is 3.29. The summed E-state index contributed by atoms with van der Waals surface area (Å²) in [5.74, 6) is 0.336. The SMILES string of the molecule is Cc1ccc(OCCCC(=O)Nc2ccc(C)c(F)c2)cc1. The van der Waals surface area contributed by atoms with Gasteiger partial charge in [0.25, 0.3) is 0 Å². The van der Waals surface area contributed by atoms with Crippen molar-refractivity contribution in [3.8, 4) is 5.75 Å². The Morgan fingerprint density at radius 3 is 2.55 bits per heavy atom. The van der Waals surface area contributed by atoms with Crippen molar-refractivity contribution >= 4 is 11.6 Å². The summed E-state index contributed by atoms with van der Waals surface area (Å²) < 4.78 is 18.9. The Labute approximate surface area is 130 Å². The van der Waals surface area contributed by atoms with E-state index >= 15 is 0 Å². The molecule has 116 valence electrons. The summed E-state index contributed by atoms with van der Waals surface area (Å²) >= 11 is 0. The summed E-state index contributed by atoms with van der Waals surface area (Å²) in [6, 6.07) is 12.4. The molecule has 0 atom stereocenters. The summed E-state index contributed by atoms with van der Waals surface area (Å²) in [7, 11) is 0. The van der Waals surface area contributed by atoms with Crippen LogP contribution in [-0.2, 0) is 4.79 Å². The van der Waals surface area contributed by atoms with E-state index in [2.05, 4.69) is 5.32 Å². The van der Waals surface area contributed by atoms with Crippen LogP contribution in [0.25, 0.3) is 0 Å². The van der Waals surface area contributed by atoms with E-state index in [4.69, 9.17) is 4.74 Å². The highest BCUT2D eigenvalue weighted by Crippen LogP contribution is 2.14. The molecule has 0 fully saturated rings. The molecule has 2 aromatic rings. The molecule has 3 nitrogen and oxygen atoms in total. The number of nitrogens with one attached hydrogen (secondary N) is 1. The lowest BCUT2D eigenvalue weighted by Crippen LogP contribution is -2.13. The van der Waals surface area contributed by atoms with Gasteiger partial charge in [-0.15, -0.1) is 0 Å². The number of benzene rings is 2. The van der Waals surface area contributed by atoms with Gasteiger partial charge in [0.1, 0.15) is 11.6 Å². The van der Waals surface area contributed by atoms with Gasteiger partial charge in [-0.25, -0.2) is 4.39 Å². The molecular formula is C18H20FNO2. The quantitative estimate of drug-likeness (QED) is 0.810. The van der Waals surface area contributed by atoms with Crippen molar-refractivity contribution in [1.82, 2.24) is 0 Å². The number of ether oxygens (including phenoxy) is 1. The number of halogens is 1. The number of carbonyl (C=O) groups excluding carboxylic acids is 1. The fraction of sp³-hybridized carbons (Fsp3) is 0.278. The maximum absolute atomic E-state index is 13.4. The van der Waals surface area contributed by atoms with Crippen molar-refractivity contribution in [1.29, 1.82) is 0 Å². The van der Waals surface area contributed by atoms with Gasteiger partial charge in [0.15, 0.2) is 0 Å². The number of hydrogen-bond donors (Lipinski definition) is 1. The maximum Gasteiger partial charge on any atom is 0.224 e. The van der Waals surface area contributed by atoms with E-state index in [0.717, 1.165) is 5.75 Å². The zero-order chi connectivity index (χ0) is 15.9. The molecule has 0 radical (unpaired) electrons. The first-order valence-corrected chi connectivity index (χ1v) is 7.30. The normalized spacial score (nSPS) is 10.3. The topological polar surface area (TPSA) is 38.3 Å². The van der Waals surface area contributed by atoms with Crippen molar-refractivity contribution in [3.05, 3.63) is 59.4 Å². The smallest absolute Gasteiger partial charge is 0.224 e. The highest BCUT2D eigenvalue weighted by Gasteiger charge is 2.05. The van der Waals surface area contributed by atoms with Crippen LogP contribution in [0.4, 0.5) is 10.1 Å². The Morgan fingerprint density at radius 1 is 1.14 bits per heavy atom. The molecule has 4 heteroatoms. The van der Waals surface area contributed by atoms with Gasteiger partial charge in [0.05, 0.1) is 6.61 Å². The Hall–Kier alpha value is -2.36. The van der Waals surface area contributed by atoms with Gasteiger partial charge in [-0.1, -0.05) is 23.8 Å². The minimum Gasteiger partial charge on any atom is -0.494 e. The van der Waals surface area contributed by atoms with Crippen LogP contribution in [-0.4, -0.2) is 12.5 Å². The van der Waals surface area contributed by atoms with E-state index in [1.807, 2.05) is 31.2 Å². The molecule has 0 aromatic heterocycles. The van der Waals surface area contributed by atoms with Crippen molar-refractivity contribution in [2.24, 2.45) is 0 Å². The molecule has 0 aliphatic rings. The first-order valence-electron chi connectivity index (χ1n) is 7.30. The second-order valence-electron chi connectivity index (χ2n) is 5.28. The van der Waals surface area contributed by atoms with E-state index < -0.39 is 0 Å². The summed E-state index contributed by atoms with van der Waals surface area (Å²) in [6.45, 7) is 4.17. The lowest BCUT2D eigenvalue weighted by Gasteiger charge is -2.08. The molecule has 2 aromatic carbocycles. The van der Waals surface area contributed by atoms with Crippen LogP contribution in [0.2, 0.25) is 0 Å². The molecule has 0 saturated carbocycles. The van der Waals surface area contributed by atoms with Crippen molar-refractivity contribution in [3.63, 3.8) is 0 Å². The van der Waals surface area contributed by atoms with Crippen LogP contribution in [0, 0.1) is 19.7 Å². The van der Waals surface area contributed by atoms with Crippen LogP contribution < -0.4 is 10.1 Å². The summed E-state index contributed by atoms with van der Waals surface area (Å²) in [6.07, 6.45) is 0.940. The van der Waals surface area contributed by atoms with Crippen LogP contribution in [0.3, 0.4) is 0 Å². The zero-order valence-corrected chi connectivity index (χ0v) is 12.9. The lowest BCUT2D eigenvalue weighted by atomic mass is 10.2.